The van der Waals surface area contributed by atoms with Crippen molar-refractivity contribution >= 4 is 10.9 Å². The van der Waals surface area contributed by atoms with Gasteiger partial charge in [0.2, 0.25) is 0 Å². The average Bonchev–Trinajstić information content (AvgIpc) is 3.21. The number of aliphatic hydroxyl groups excluding tert-OH is 1. The number of pyridine rings is 1. The molecule has 2 atom stereocenters. The first-order valence-electron chi connectivity index (χ1n) is 6.28. The summed E-state index contributed by atoms with van der Waals surface area (Å²) < 4.78 is 0. The molecule has 0 bridgehead atoms. The zero-order valence-corrected chi connectivity index (χ0v) is 10.0. The fourth-order valence-corrected chi connectivity index (χ4v) is 2.43. The second kappa shape index (κ2) is 4.11. The van der Waals surface area contributed by atoms with E-state index in [0.717, 1.165) is 16.5 Å². The molecule has 1 aromatic heterocycles. The Balaban J connectivity index is 1.93. The summed E-state index contributed by atoms with van der Waals surface area (Å²) in [7, 11) is 0. The van der Waals surface area contributed by atoms with Gasteiger partial charge in [-0.05, 0) is 42.4 Å². The minimum absolute atomic E-state index is 0.345. The van der Waals surface area contributed by atoms with Crippen molar-refractivity contribution in [3.63, 3.8) is 0 Å². The number of aromatic nitrogens is 1. The summed E-state index contributed by atoms with van der Waals surface area (Å²) in [6.07, 6.45) is 3.96. The minimum atomic E-state index is -0.375. The van der Waals surface area contributed by atoms with Crippen molar-refractivity contribution in [1.29, 1.82) is 0 Å². The van der Waals surface area contributed by atoms with Crippen LogP contribution in [0.4, 0.5) is 0 Å². The normalized spacial score (nSPS) is 19.2. The summed E-state index contributed by atoms with van der Waals surface area (Å²) in [6.45, 7) is 2.14. The number of benzene rings is 1. The van der Waals surface area contributed by atoms with Crippen LogP contribution in [0.1, 0.15) is 31.4 Å². The highest BCUT2D eigenvalue weighted by Gasteiger charge is 2.33. The number of para-hydroxylation sites is 1. The third-order valence-corrected chi connectivity index (χ3v) is 3.82. The van der Waals surface area contributed by atoms with E-state index in [-0.39, 0.29) is 6.10 Å². The topological polar surface area (TPSA) is 33.1 Å². The number of hydrogen-bond acceptors (Lipinski definition) is 2. The molecular weight excluding hydrogens is 210 g/mol. The Hall–Kier alpha value is -1.41. The van der Waals surface area contributed by atoms with Gasteiger partial charge in [-0.2, -0.15) is 0 Å². The van der Waals surface area contributed by atoms with E-state index in [1.807, 2.05) is 30.5 Å². The first-order chi connectivity index (χ1) is 8.25. The van der Waals surface area contributed by atoms with E-state index in [1.165, 1.54) is 12.8 Å². The zero-order chi connectivity index (χ0) is 11.8. The van der Waals surface area contributed by atoms with Gasteiger partial charge in [-0.25, -0.2) is 0 Å². The maximum atomic E-state index is 10.3. The van der Waals surface area contributed by atoms with Crippen molar-refractivity contribution < 1.29 is 5.11 Å². The van der Waals surface area contributed by atoms with E-state index < -0.39 is 0 Å². The summed E-state index contributed by atoms with van der Waals surface area (Å²) in [4.78, 5) is 4.40. The van der Waals surface area contributed by atoms with Gasteiger partial charge in [-0.15, -0.1) is 0 Å². The molecular formula is C15H17NO. The molecule has 2 aromatic rings. The Morgan fingerprint density at radius 1 is 1.29 bits per heavy atom. The fourth-order valence-electron chi connectivity index (χ4n) is 2.43. The first-order valence-corrected chi connectivity index (χ1v) is 6.28. The van der Waals surface area contributed by atoms with Crippen LogP contribution in [0.3, 0.4) is 0 Å². The van der Waals surface area contributed by atoms with Crippen LogP contribution >= 0.6 is 0 Å². The summed E-state index contributed by atoms with van der Waals surface area (Å²) in [5, 5.41) is 11.4. The molecule has 1 saturated carbocycles. The molecule has 1 heterocycles. The van der Waals surface area contributed by atoms with E-state index in [9.17, 15) is 5.11 Å². The number of fused-ring (bicyclic) bond motifs is 1. The smallest absolute Gasteiger partial charge is 0.0833 e. The van der Waals surface area contributed by atoms with Crippen molar-refractivity contribution in [2.45, 2.75) is 25.9 Å². The van der Waals surface area contributed by atoms with Gasteiger partial charge < -0.3 is 5.11 Å². The third-order valence-electron chi connectivity index (χ3n) is 3.82. The lowest BCUT2D eigenvalue weighted by atomic mass is 9.93. The molecule has 1 aromatic carbocycles. The Labute approximate surface area is 101 Å². The SMILES string of the molecule is CC(C1CC1)C(O)c1cnc2ccccc2c1. The summed E-state index contributed by atoms with van der Waals surface area (Å²) in [5.74, 6) is 1.05. The van der Waals surface area contributed by atoms with Gasteiger partial charge in [0.25, 0.3) is 0 Å². The molecule has 2 nitrogen and oxygen atoms in total. The van der Waals surface area contributed by atoms with Crippen LogP contribution in [0, 0.1) is 11.8 Å². The Morgan fingerprint density at radius 3 is 2.82 bits per heavy atom. The molecule has 0 saturated heterocycles. The number of rotatable bonds is 3. The molecule has 17 heavy (non-hydrogen) atoms. The van der Waals surface area contributed by atoms with Crippen LogP contribution < -0.4 is 0 Å². The van der Waals surface area contributed by atoms with Crippen molar-refractivity contribution in [1.82, 2.24) is 4.98 Å². The lowest BCUT2D eigenvalue weighted by molar-refractivity contribution is 0.106. The monoisotopic (exact) mass is 227 g/mol. The van der Waals surface area contributed by atoms with Crippen LogP contribution in [-0.2, 0) is 0 Å². The Bertz CT molecular complexity index is 533. The average molecular weight is 227 g/mol. The molecule has 88 valence electrons. The molecule has 3 rings (SSSR count). The van der Waals surface area contributed by atoms with Gasteiger partial charge in [-0.3, -0.25) is 4.98 Å². The van der Waals surface area contributed by atoms with Crippen LogP contribution in [0.5, 0.6) is 0 Å². The van der Waals surface area contributed by atoms with Crippen molar-refractivity contribution in [3.8, 4) is 0 Å². The van der Waals surface area contributed by atoms with Gasteiger partial charge in [0.15, 0.2) is 0 Å². The van der Waals surface area contributed by atoms with Gasteiger partial charge in [-0.1, -0.05) is 25.1 Å². The molecule has 1 N–H and O–H groups in total. The number of hydrogen-bond donors (Lipinski definition) is 1. The predicted molar refractivity (Wildman–Crippen MR) is 68.6 cm³/mol. The van der Waals surface area contributed by atoms with Gasteiger partial charge >= 0.3 is 0 Å². The third kappa shape index (κ3) is 2.05. The fraction of sp³-hybridized carbons (Fsp3) is 0.400. The van der Waals surface area contributed by atoms with Crippen LogP contribution in [0.2, 0.25) is 0 Å². The predicted octanol–water partition coefficient (Wildman–Crippen LogP) is 3.31. The summed E-state index contributed by atoms with van der Waals surface area (Å²) >= 11 is 0. The number of aliphatic hydroxyl groups is 1. The minimum Gasteiger partial charge on any atom is -0.388 e. The molecule has 2 unspecified atom stereocenters. The van der Waals surface area contributed by atoms with E-state index in [0.29, 0.717) is 11.8 Å². The maximum Gasteiger partial charge on any atom is 0.0833 e. The zero-order valence-electron chi connectivity index (χ0n) is 10.0. The second-order valence-corrected chi connectivity index (χ2v) is 5.10. The molecule has 1 fully saturated rings. The van der Waals surface area contributed by atoms with Crippen molar-refractivity contribution in [2.75, 3.05) is 0 Å². The molecule has 2 heteroatoms. The standard InChI is InChI=1S/C15H17NO/c1-10(11-6-7-11)15(17)13-8-12-4-2-3-5-14(12)16-9-13/h2-5,8-11,15,17H,6-7H2,1H3. The molecule has 0 spiro atoms. The molecule has 1 aliphatic carbocycles. The summed E-state index contributed by atoms with van der Waals surface area (Å²) in [5.41, 5.74) is 1.94. The van der Waals surface area contributed by atoms with Crippen LogP contribution in [0.25, 0.3) is 10.9 Å². The maximum absolute atomic E-state index is 10.3. The van der Waals surface area contributed by atoms with Crippen molar-refractivity contribution in [3.05, 3.63) is 42.1 Å². The Kier molecular flexibility index (Phi) is 2.60. The van der Waals surface area contributed by atoms with E-state index in [1.54, 1.807) is 0 Å². The Morgan fingerprint density at radius 2 is 2.06 bits per heavy atom. The quantitative estimate of drug-likeness (QED) is 0.872. The molecule has 0 aliphatic heterocycles. The van der Waals surface area contributed by atoms with E-state index in [4.69, 9.17) is 0 Å². The molecule has 0 radical (unpaired) electrons. The van der Waals surface area contributed by atoms with Gasteiger partial charge in [0.05, 0.1) is 11.6 Å². The highest BCUT2D eigenvalue weighted by Crippen LogP contribution is 2.42. The van der Waals surface area contributed by atoms with Crippen LogP contribution in [0.15, 0.2) is 36.5 Å². The van der Waals surface area contributed by atoms with Gasteiger partial charge in [0, 0.05) is 11.6 Å². The highest BCUT2D eigenvalue weighted by molar-refractivity contribution is 5.78. The second-order valence-electron chi connectivity index (χ2n) is 5.10. The first kappa shape index (κ1) is 10.7. The van der Waals surface area contributed by atoms with E-state index >= 15 is 0 Å². The highest BCUT2D eigenvalue weighted by atomic mass is 16.3. The summed E-state index contributed by atoms with van der Waals surface area (Å²) in [6, 6.07) is 10.1. The molecule has 1 aliphatic rings. The van der Waals surface area contributed by atoms with E-state index in [2.05, 4.69) is 18.0 Å². The van der Waals surface area contributed by atoms with Crippen LogP contribution in [-0.4, -0.2) is 10.1 Å². The van der Waals surface area contributed by atoms with Gasteiger partial charge in [0.1, 0.15) is 0 Å². The number of nitrogens with zero attached hydrogens (tertiary/aromatic N) is 1. The lowest BCUT2D eigenvalue weighted by Gasteiger charge is -2.18. The largest absolute Gasteiger partial charge is 0.388 e. The molecule has 0 amide bonds. The lowest BCUT2D eigenvalue weighted by Crippen LogP contribution is -2.11. The van der Waals surface area contributed by atoms with Crippen molar-refractivity contribution in [2.24, 2.45) is 11.8 Å².